The molecule has 0 amide bonds. The Morgan fingerprint density at radius 1 is 1.05 bits per heavy atom. The van der Waals surface area contributed by atoms with Gasteiger partial charge < -0.3 is 5.73 Å². The Morgan fingerprint density at radius 3 is 2.37 bits per heavy atom. The molecule has 2 aromatic carbocycles. The van der Waals surface area contributed by atoms with Crippen LogP contribution in [0.2, 0.25) is 5.02 Å². The number of hydrogen-bond donors (Lipinski definition) is 1. The molecule has 0 saturated carbocycles. The second kappa shape index (κ2) is 6.36. The van der Waals surface area contributed by atoms with Gasteiger partial charge in [-0.05, 0) is 31.5 Å². The minimum Gasteiger partial charge on any atom is -0.398 e. The molecule has 0 saturated heterocycles. The van der Waals surface area contributed by atoms with Crippen molar-refractivity contribution >= 4 is 29.1 Å². The summed E-state index contributed by atoms with van der Waals surface area (Å²) in [6, 6.07) is 12.3. The van der Waals surface area contributed by atoms with E-state index >= 15 is 0 Å². The van der Waals surface area contributed by atoms with Gasteiger partial charge in [0, 0.05) is 27.8 Å². The van der Waals surface area contributed by atoms with Crippen LogP contribution in [0.3, 0.4) is 0 Å². The van der Waals surface area contributed by atoms with Crippen LogP contribution in [0.25, 0.3) is 0 Å². The number of rotatable bonds is 4. The summed E-state index contributed by atoms with van der Waals surface area (Å²) in [6.45, 7) is 4.26. The van der Waals surface area contributed by atoms with Gasteiger partial charge in [0.05, 0.1) is 0 Å². The van der Waals surface area contributed by atoms with E-state index in [1.165, 1.54) is 16.7 Å². The molecule has 1 nitrogen and oxygen atoms in total. The lowest BCUT2D eigenvalue weighted by Crippen LogP contribution is -1.94. The molecule has 0 aliphatic heterocycles. The Bertz CT molecular complexity index is 540. The highest BCUT2D eigenvalue weighted by molar-refractivity contribution is 7.97. The molecule has 0 aliphatic carbocycles. The van der Waals surface area contributed by atoms with Crippen LogP contribution in [0, 0.1) is 13.8 Å². The summed E-state index contributed by atoms with van der Waals surface area (Å²) in [4.78, 5) is 0. The highest BCUT2D eigenvalue weighted by Crippen LogP contribution is 2.28. The Labute approximate surface area is 124 Å². The third-order valence-electron chi connectivity index (χ3n) is 2.95. The molecule has 0 bridgehead atoms. The first-order valence-electron chi connectivity index (χ1n) is 6.24. The number of aryl methyl sites for hydroxylation is 2. The monoisotopic (exact) mass is 291 g/mol. The second-order valence-electron chi connectivity index (χ2n) is 4.80. The number of hydrogen-bond acceptors (Lipinski definition) is 2. The van der Waals surface area contributed by atoms with Crippen molar-refractivity contribution in [3.05, 3.63) is 63.7 Å². The molecular formula is C16H18ClNS. The summed E-state index contributed by atoms with van der Waals surface area (Å²) >= 11 is 8.01. The van der Waals surface area contributed by atoms with Crippen molar-refractivity contribution in [2.45, 2.75) is 25.4 Å². The van der Waals surface area contributed by atoms with E-state index in [0.717, 1.165) is 27.8 Å². The minimum atomic E-state index is 0.757. The number of halogens is 1. The molecule has 0 aliphatic rings. The van der Waals surface area contributed by atoms with Gasteiger partial charge in [-0.3, -0.25) is 0 Å². The maximum absolute atomic E-state index is 6.17. The topological polar surface area (TPSA) is 26.0 Å². The molecule has 0 radical (unpaired) electrons. The molecule has 0 atom stereocenters. The quantitative estimate of drug-likeness (QED) is 0.805. The normalized spacial score (nSPS) is 10.7. The van der Waals surface area contributed by atoms with Crippen LogP contribution in [0.5, 0.6) is 0 Å². The van der Waals surface area contributed by atoms with Crippen molar-refractivity contribution in [2.75, 3.05) is 5.73 Å². The summed E-state index contributed by atoms with van der Waals surface area (Å²) in [5.41, 5.74) is 11.8. The summed E-state index contributed by atoms with van der Waals surface area (Å²) in [5, 5.41) is 0.757. The van der Waals surface area contributed by atoms with Gasteiger partial charge in [-0.15, -0.1) is 0 Å². The van der Waals surface area contributed by atoms with E-state index in [-0.39, 0.29) is 0 Å². The molecule has 0 fully saturated rings. The molecular weight excluding hydrogens is 274 g/mol. The van der Waals surface area contributed by atoms with Crippen LogP contribution in [0.1, 0.15) is 22.3 Å². The van der Waals surface area contributed by atoms with Crippen LogP contribution in [0.15, 0.2) is 36.4 Å². The molecule has 100 valence electrons. The van der Waals surface area contributed by atoms with E-state index in [2.05, 4.69) is 32.0 Å². The van der Waals surface area contributed by atoms with Crippen molar-refractivity contribution in [2.24, 2.45) is 0 Å². The minimum absolute atomic E-state index is 0.757. The fourth-order valence-corrected chi connectivity index (χ4v) is 3.51. The van der Waals surface area contributed by atoms with Gasteiger partial charge in [-0.2, -0.15) is 11.8 Å². The predicted octanol–water partition coefficient (Wildman–Crippen LogP) is 4.97. The third-order valence-corrected chi connectivity index (χ3v) is 4.34. The predicted molar refractivity (Wildman–Crippen MR) is 86.8 cm³/mol. The maximum atomic E-state index is 6.17. The molecule has 3 heteroatoms. The van der Waals surface area contributed by atoms with Crippen molar-refractivity contribution in [1.82, 2.24) is 0 Å². The van der Waals surface area contributed by atoms with Crippen molar-refractivity contribution < 1.29 is 0 Å². The molecule has 2 aromatic rings. The number of nitrogens with two attached hydrogens (primary N) is 1. The second-order valence-corrected chi connectivity index (χ2v) is 6.19. The summed E-state index contributed by atoms with van der Waals surface area (Å²) < 4.78 is 0. The summed E-state index contributed by atoms with van der Waals surface area (Å²) in [5.74, 6) is 1.83. The Balaban J connectivity index is 2.00. The van der Waals surface area contributed by atoms with Crippen LogP contribution < -0.4 is 5.73 Å². The lowest BCUT2D eigenvalue weighted by atomic mass is 10.1. The van der Waals surface area contributed by atoms with Crippen LogP contribution in [0.4, 0.5) is 5.69 Å². The maximum Gasteiger partial charge on any atom is 0.0466 e. The molecule has 19 heavy (non-hydrogen) atoms. The fourth-order valence-electron chi connectivity index (χ4n) is 2.15. The SMILES string of the molecule is Cc1cc(C)cc(CSCc2c(N)cccc2Cl)c1. The van der Waals surface area contributed by atoms with Crippen LogP contribution >= 0.6 is 23.4 Å². The van der Waals surface area contributed by atoms with E-state index < -0.39 is 0 Å². The van der Waals surface area contributed by atoms with Gasteiger partial charge in [0.2, 0.25) is 0 Å². The molecule has 0 spiro atoms. The molecule has 2 N–H and O–H groups in total. The molecule has 0 aromatic heterocycles. The third kappa shape index (κ3) is 3.92. The van der Waals surface area contributed by atoms with Gasteiger partial charge >= 0.3 is 0 Å². The van der Waals surface area contributed by atoms with Crippen LogP contribution in [-0.4, -0.2) is 0 Å². The van der Waals surface area contributed by atoms with E-state index in [9.17, 15) is 0 Å². The number of benzene rings is 2. The Morgan fingerprint density at radius 2 is 1.74 bits per heavy atom. The van der Waals surface area contributed by atoms with E-state index in [0.29, 0.717) is 0 Å². The van der Waals surface area contributed by atoms with E-state index in [1.807, 2.05) is 30.0 Å². The fraction of sp³-hybridized carbons (Fsp3) is 0.250. The zero-order valence-corrected chi connectivity index (χ0v) is 12.8. The summed E-state index contributed by atoms with van der Waals surface area (Å²) in [7, 11) is 0. The van der Waals surface area contributed by atoms with Crippen molar-refractivity contribution in [3.8, 4) is 0 Å². The van der Waals surface area contributed by atoms with Gasteiger partial charge in [-0.1, -0.05) is 47.0 Å². The largest absolute Gasteiger partial charge is 0.398 e. The number of thioether (sulfide) groups is 1. The molecule has 0 heterocycles. The van der Waals surface area contributed by atoms with E-state index in [4.69, 9.17) is 17.3 Å². The average Bonchev–Trinajstić information content (AvgIpc) is 2.32. The zero-order valence-electron chi connectivity index (χ0n) is 11.2. The Kier molecular flexibility index (Phi) is 4.78. The lowest BCUT2D eigenvalue weighted by Gasteiger charge is -2.08. The molecule has 2 rings (SSSR count). The first-order chi connectivity index (χ1) is 9.06. The zero-order chi connectivity index (χ0) is 13.8. The smallest absolute Gasteiger partial charge is 0.0466 e. The first kappa shape index (κ1) is 14.3. The number of nitrogen functional groups attached to an aromatic ring is 1. The van der Waals surface area contributed by atoms with Gasteiger partial charge in [-0.25, -0.2) is 0 Å². The highest BCUT2D eigenvalue weighted by Gasteiger charge is 2.05. The van der Waals surface area contributed by atoms with Crippen LogP contribution in [-0.2, 0) is 11.5 Å². The average molecular weight is 292 g/mol. The van der Waals surface area contributed by atoms with Crippen molar-refractivity contribution in [1.29, 1.82) is 0 Å². The Hall–Kier alpha value is -1.12. The first-order valence-corrected chi connectivity index (χ1v) is 7.77. The van der Waals surface area contributed by atoms with Crippen molar-refractivity contribution in [3.63, 3.8) is 0 Å². The van der Waals surface area contributed by atoms with E-state index in [1.54, 1.807) is 0 Å². The summed E-state index contributed by atoms with van der Waals surface area (Å²) in [6.07, 6.45) is 0. The van der Waals surface area contributed by atoms with Gasteiger partial charge in [0.1, 0.15) is 0 Å². The lowest BCUT2D eigenvalue weighted by molar-refractivity contribution is 1.29. The van der Waals surface area contributed by atoms with Gasteiger partial charge in [0.15, 0.2) is 0 Å². The standard InChI is InChI=1S/C16H18ClNS/c1-11-6-12(2)8-13(7-11)9-19-10-14-15(17)4-3-5-16(14)18/h3-8H,9-10,18H2,1-2H3. The molecule has 0 unspecified atom stereocenters. The van der Waals surface area contributed by atoms with Gasteiger partial charge in [0.25, 0.3) is 0 Å². The highest BCUT2D eigenvalue weighted by atomic mass is 35.5. The number of anilines is 1.